The van der Waals surface area contributed by atoms with Crippen molar-refractivity contribution >= 4 is 0 Å². The number of hydrogen-bond donors (Lipinski definition) is 0. The van der Waals surface area contributed by atoms with Crippen LogP contribution in [-0.2, 0) is 14.2 Å². The minimum absolute atomic E-state index is 0.138. The van der Waals surface area contributed by atoms with Gasteiger partial charge in [0.1, 0.15) is 0 Å². The third kappa shape index (κ3) is 4.81. The summed E-state index contributed by atoms with van der Waals surface area (Å²) in [4.78, 5) is 0. The first-order valence-electron chi connectivity index (χ1n) is 9.25. The zero-order valence-corrected chi connectivity index (χ0v) is 13.9. The average Bonchev–Trinajstić information content (AvgIpc) is 2.54. The van der Waals surface area contributed by atoms with E-state index in [-0.39, 0.29) is 5.41 Å². The third-order valence-corrected chi connectivity index (χ3v) is 5.44. The van der Waals surface area contributed by atoms with Gasteiger partial charge in [-0.25, -0.2) is 0 Å². The van der Waals surface area contributed by atoms with Gasteiger partial charge in [0, 0.05) is 13.2 Å². The minimum Gasteiger partial charge on any atom is -0.380 e. The lowest BCUT2D eigenvalue weighted by atomic mass is 9.87. The zero-order valence-electron chi connectivity index (χ0n) is 13.9. The van der Waals surface area contributed by atoms with E-state index in [2.05, 4.69) is 12.2 Å². The Balaban J connectivity index is 1.31. The van der Waals surface area contributed by atoms with Crippen molar-refractivity contribution in [3.63, 3.8) is 0 Å². The molecule has 1 atom stereocenters. The Hall–Kier alpha value is -0.380. The van der Waals surface area contributed by atoms with Crippen molar-refractivity contribution in [2.45, 2.75) is 51.4 Å². The Morgan fingerprint density at radius 2 is 1.59 bits per heavy atom. The van der Waals surface area contributed by atoms with E-state index in [4.69, 9.17) is 14.2 Å². The maximum absolute atomic E-state index is 6.05. The van der Waals surface area contributed by atoms with Crippen molar-refractivity contribution in [2.24, 2.45) is 17.3 Å². The summed E-state index contributed by atoms with van der Waals surface area (Å²) in [6.45, 7) is 5.07. The summed E-state index contributed by atoms with van der Waals surface area (Å²) < 4.78 is 17.5. The molecule has 126 valence electrons. The Kier molecular flexibility index (Phi) is 6.34. The third-order valence-electron chi connectivity index (χ3n) is 5.44. The molecule has 1 aliphatic heterocycles. The summed E-state index contributed by atoms with van der Waals surface area (Å²) in [6.07, 6.45) is 15.2. The van der Waals surface area contributed by atoms with E-state index in [0.717, 1.165) is 45.6 Å². The smallest absolute Gasteiger partial charge is 0.0637 e. The van der Waals surface area contributed by atoms with Crippen LogP contribution in [0.4, 0.5) is 0 Å². The molecule has 1 heterocycles. The van der Waals surface area contributed by atoms with Crippen molar-refractivity contribution in [3.05, 3.63) is 12.2 Å². The molecule has 0 aromatic heterocycles. The molecule has 2 aliphatic carbocycles. The molecule has 1 saturated heterocycles. The van der Waals surface area contributed by atoms with E-state index in [1.165, 1.54) is 51.4 Å². The largest absolute Gasteiger partial charge is 0.380 e. The van der Waals surface area contributed by atoms with Gasteiger partial charge in [-0.2, -0.15) is 0 Å². The Bertz CT molecular complexity index is 343. The predicted octanol–water partition coefficient (Wildman–Crippen LogP) is 3.97. The second-order valence-corrected chi connectivity index (χ2v) is 7.68. The van der Waals surface area contributed by atoms with E-state index >= 15 is 0 Å². The molecule has 1 saturated carbocycles. The van der Waals surface area contributed by atoms with E-state index in [1.807, 2.05) is 0 Å². The second kappa shape index (κ2) is 8.47. The maximum atomic E-state index is 6.05. The lowest BCUT2D eigenvalue weighted by molar-refractivity contribution is -0.182. The molecule has 3 rings (SSSR count). The summed E-state index contributed by atoms with van der Waals surface area (Å²) >= 11 is 0. The topological polar surface area (TPSA) is 27.7 Å². The molecule has 0 amide bonds. The molecule has 22 heavy (non-hydrogen) atoms. The van der Waals surface area contributed by atoms with E-state index in [9.17, 15) is 0 Å². The molecule has 0 aromatic carbocycles. The maximum Gasteiger partial charge on any atom is 0.0637 e. The first kappa shape index (κ1) is 16.5. The number of hydrogen-bond acceptors (Lipinski definition) is 3. The lowest BCUT2D eigenvalue weighted by Crippen LogP contribution is -2.50. The molecular formula is C19H32O3. The van der Waals surface area contributed by atoms with Crippen LogP contribution in [-0.4, -0.2) is 39.6 Å². The Morgan fingerprint density at radius 3 is 2.18 bits per heavy atom. The summed E-state index contributed by atoms with van der Waals surface area (Å²) in [6, 6.07) is 0. The van der Waals surface area contributed by atoms with Gasteiger partial charge in [-0.3, -0.25) is 0 Å². The van der Waals surface area contributed by atoms with Gasteiger partial charge in [-0.05, 0) is 43.9 Å². The van der Waals surface area contributed by atoms with Crippen molar-refractivity contribution in [1.82, 2.24) is 0 Å². The van der Waals surface area contributed by atoms with Gasteiger partial charge < -0.3 is 14.2 Å². The zero-order chi connectivity index (χ0) is 15.1. The summed E-state index contributed by atoms with van der Waals surface area (Å²) in [5.74, 6) is 1.51. The fourth-order valence-corrected chi connectivity index (χ4v) is 3.84. The number of rotatable bonds is 8. The van der Waals surface area contributed by atoms with Gasteiger partial charge in [0.25, 0.3) is 0 Å². The SMILES string of the molecule is C1=CCC(COCC2(COCC3CCCCC3)COC2)CC1. The van der Waals surface area contributed by atoms with Gasteiger partial charge in [0.05, 0.1) is 31.8 Å². The van der Waals surface area contributed by atoms with Crippen molar-refractivity contribution in [2.75, 3.05) is 39.6 Å². The normalized spacial score (nSPS) is 28.5. The molecule has 3 nitrogen and oxygen atoms in total. The van der Waals surface area contributed by atoms with Gasteiger partial charge in [0.2, 0.25) is 0 Å². The van der Waals surface area contributed by atoms with Crippen LogP contribution in [0.1, 0.15) is 51.4 Å². The van der Waals surface area contributed by atoms with E-state index in [1.54, 1.807) is 0 Å². The van der Waals surface area contributed by atoms with E-state index in [0.29, 0.717) is 5.92 Å². The predicted molar refractivity (Wildman–Crippen MR) is 87.9 cm³/mol. The Labute approximate surface area is 135 Å². The van der Waals surface area contributed by atoms with Crippen LogP contribution in [0.3, 0.4) is 0 Å². The van der Waals surface area contributed by atoms with Crippen LogP contribution in [0.15, 0.2) is 12.2 Å². The quantitative estimate of drug-likeness (QED) is 0.635. The highest BCUT2D eigenvalue weighted by atomic mass is 16.5. The monoisotopic (exact) mass is 308 g/mol. The van der Waals surface area contributed by atoms with Crippen LogP contribution in [0.2, 0.25) is 0 Å². The van der Waals surface area contributed by atoms with E-state index < -0.39 is 0 Å². The first-order valence-corrected chi connectivity index (χ1v) is 9.25. The summed E-state index contributed by atoms with van der Waals surface area (Å²) in [5.41, 5.74) is 0.138. The van der Waals surface area contributed by atoms with Crippen LogP contribution >= 0.6 is 0 Å². The summed E-state index contributed by atoms with van der Waals surface area (Å²) in [5, 5.41) is 0. The molecule has 2 fully saturated rings. The van der Waals surface area contributed by atoms with Gasteiger partial charge in [0.15, 0.2) is 0 Å². The lowest BCUT2D eigenvalue weighted by Gasteiger charge is -2.41. The van der Waals surface area contributed by atoms with Crippen LogP contribution < -0.4 is 0 Å². The molecule has 0 radical (unpaired) electrons. The molecule has 0 bridgehead atoms. The average molecular weight is 308 g/mol. The fourth-order valence-electron chi connectivity index (χ4n) is 3.84. The van der Waals surface area contributed by atoms with Crippen molar-refractivity contribution in [1.29, 1.82) is 0 Å². The molecule has 1 unspecified atom stereocenters. The number of allylic oxidation sites excluding steroid dienone is 2. The molecule has 0 spiro atoms. The highest BCUT2D eigenvalue weighted by Gasteiger charge is 2.39. The molecule has 0 N–H and O–H groups in total. The molecule has 3 heteroatoms. The molecule has 0 aromatic rings. The highest BCUT2D eigenvalue weighted by molar-refractivity contribution is 4.90. The Morgan fingerprint density at radius 1 is 0.864 bits per heavy atom. The molecule has 3 aliphatic rings. The van der Waals surface area contributed by atoms with Gasteiger partial charge >= 0.3 is 0 Å². The standard InChI is InChI=1S/C19H32O3/c1-3-7-17(8-4-1)11-20-13-19(15-22-16-19)14-21-12-18-9-5-2-6-10-18/h1,3,17-18H,2,4-16H2. The van der Waals surface area contributed by atoms with Crippen LogP contribution in [0.25, 0.3) is 0 Å². The van der Waals surface area contributed by atoms with Crippen molar-refractivity contribution in [3.8, 4) is 0 Å². The van der Waals surface area contributed by atoms with Crippen LogP contribution in [0, 0.1) is 17.3 Å². The highest BCUT2D eigenvalue weighted by Crippen LogP contribution is 2.30. The van der Waals surface area contributed by atoms with Gasteiger partial charge in [-0.15, -0.1) is 0 Å². The van der Waals surface area contributed by atoms with Crippen molar-refractivity contribution < 1.29 is 14.2 Å². The van der Waals surface area contributed by atoms with Crippen LogP contribution in [0.5, 0.6) is 0 Å². The summed E-state index contributed by atoms with van der Waals surface area (Å²) in [7, 11) is 0. The number of ether oxygens (including phenoxy) is 3. The molecular weight excluding hydrogens is 276 g/mol. The minimum atomic E-state index is 0.138. The fraction of sp³-hybridized carbons (Fsp3) is 0.895. The van der Waals surface area contributed by atoms with Gasteiger partial charge in [-0.1, -0.05) is 31.4 Å². The first-order chi connectivity index (χ1) is 10.9. The second-order valence-electron chi connectivity index (χ2n) is 7.68.